The summed E-state index contributed by atoms with van der Waals surface area (Å²) in [5.74, 6) is 0.948. The summed E-state index contributed by atoms with van der Waals surface area (Å²) in [7, 11) is 7.11. The maximum atomic E-state index is 12.6. The van der Waals surface area contributed by atoms with E-state index in [1.165, 1.54) is 0 Å². The minimum Gasteiger partial charge on any atom is -0.493 e. The minimum atomic E-state index is -0.183. The van der Waals surface area contributed by atoms with E-state index in [2.05, 4.69) is 27.9 Å². The molecule has 0 aliphatic carbocycles. The van der Waals surface area contributed by atoms with Crippen molar-refractivity contribution in [3.63, 3.8) is 0 Å². The lowest BCUT2D eigenvalue weighted by Crippen LogP contribution is -2.15. The van der Waals surface area contributed by atoms with Crippen molar-refractivity contribution in [3.05, 3.63) is 45.0 Å². The molecule has 0 saturated carbocycles. The SMILES string of the molecule is COc1cc(I)c(C(=O)Nc2ccc(N(C)C)c(C)c2)cc1OC. The summed E-state index contributed by atoms with van der Waals surface area (Å²) in [4.78, 5) is 14.6. The second kappa shape index (κ2) is 7.74. The number of hydrogen-bond acceptors (Lipinski definition) is 4. The predicted octanol–water partition coefficient (Wildman–Crippen LogP) is 3.94. The highest BCUT2D eigenvalue weighted by molar-refractivity contribution is 14.1. The fourth-order valence-electron chi connectivity index (χ4n) is 2.46. The van der Waals surface area contributed by atoms with Crippen molar-refractivity contribution >= 4 is 39.9 Å². The maximum Gasteiger partial charge on any atom is 0.256 e. The number of nitrogens with one attached hydrogen (secondary N) is 1. The number of methoxy groups -OCH3 is 2. The molecule has 0 bridgehead atoms. The fraction of sp³-hybridized carbons (Fsp3) is 0.278. The number of carbonyl (C=O) groups excluding carboxylic acids is 1. The van der Waals surface area contributed by atoms with Crippen LogP contribution in [-0.4, -0.2) is 34.2 Å². The van der Waals surface area contributed by atoms with Gasteiger partial charge in [0.05, 0.1) is 19.8 Å². The second-order valence-electron chi connectivity index (χ2n) is 5.54. The van der Waals surface area contributed by atoms with Crippen LogP contribution >= 0.6 is 22.6 Å². The number of aryl methyl sites for hydroxylation is 1. The normalized spacial score (nSPS) is 10.2. The van der Waals surface area contributed by atoms with Gasteiger partial charge < -0.3 is 19.7 Å². The molecule has 0 aromatic heterocycles. The Balaban J connectivity index is 2.28. The molecule has 24 heavy (non-hydrogen) atoms. The number of rotatable bonds is 5. The van der Waals surface area contributed by atoms with E-state index in [0.29, 0.717) is 17.1 Å². The van der Waals surface area contributed by atoms with Crippen molar-refractivity contribution in [2.75, 3.05) is 38.5 Å². The van der Waals surface area contributed by atoms with Gasteiger partial charge >= 0.3 is 0 Å². The van der Waals surface area contributed by atoms with Crippen LogP contribution in [0.25, 0.3) is 0 Å². The van der Waals surface area contributed by atoms with Gasteiger partial charge in [0.15, 0.2) is 11.5 Å². The standard InChI is InChI=1S/C18H21IN2O3/c1-11-8-12(6-7-15(11)21(2)3)20-18(22)13-9-16(23-4)17(24-5)10-14(13)19/h6-10H,1-5H3,(H,20,22). The van der Waals surface area contributed by atoms with Gasteiger partial charge in [0.2, 0.25) is 0 Å². The summed E-state index contributed by atoms with van der Waals surface area (Å²) in [6.07, 6.45) is 0. The van der Waals surface area contributed by atoms with E-state index in [0.717, 1.165) is 20.5 Å². The minimum absolute atomic E-state index is 0.183. The summed E-state index contributed by atoms with van der Waals surface area (Å²) >= 11 is 2.12. The van der Waals surface area contributed by atoms with Gasteiger partial charge in [0, 0.05) is 29.0 Å². The van der Waals surface area contributed by atoms with Crippen molar-refractivity contribution in [1.29, 1.82) is 0 Å². The first-order valence-corrected chi connectivity index (χ1v) is 8.46. The predicted molar refractivity (Wildman–Crippen MR) is 106 cm³/mol. The lowest BCUT2D eigenvalue weighted by molar-refractivity contribution is 0.102. The van der Waals surface area contributed by atoms with Gasteiger partial charge in [-0.05, 0) is 65.4 Å². The lowest BCUT2D eigenvalue weighted by atomic mass is 10.1. The summed E-state index contributed by atoms with van der Waals surface area (Å²) < 4.78 is 11.3. The zero-order chi connectivity index (χ0) is 17.9. The molecule has 0 spiro atoms. The van der Waals surface area contributed by atoms with Gasteiger partial charge in [-0.15, -0.1) is 0 Å². The molecule has 0 aliphatic heterocycles. The molecular formula is C18H21IN2O3. The van der Waals surface area contributed by atoms with Crippen LogP contribution in [0.5, 0.6) is 11.5 Å². The van der Waals surface area contributed by atoms with Crippen molar-refractivity contribution < 1.29 is 14.3 Å². The van der Waals surface area contributed by atoms with Crippen LogP contribution < -0.4 is 19.7 Å². The molecule has 0 saturated heterocycles. The van der Waals surface area contributed by atoms with Gasteiger partial charge in [0.1, 0.15) is 0 Å². The zero-order valence-electron chi connectivity index (χ0n) is 14.4. The number of halogens is 1. The van der Waals surface area contributed by atoms with Crippen molar-refractivity contribution in [3.8, 4) is 11.5 Å². The average Bonchev–Trinajstić information content (AvgIpc) is 2.54. The van der Waals surface area contributed by atoms with Crippen LogP contribution in [0.1, 0.15) is 15.9 Å². The van der Waals surface area contributed by atoms with E-state index >= 15 is 0 Å². The van der Waals surface area contributed by atoms with Gasteiger partial charge in [-0.25, -0.2) is 0 Å². The fourth-order valence-corrected chi connectivity index (χ4v) is 3.15. The number of anilines is 2. The molecule has 6 heteroatoms. The van der Waals surface area contributed by atoms with Gasteiger partial charge in [0.25, 0.3) is 5.91 Å². The van der Waals surface area contributed by atoms with Gasteiger partial charge in [-0.3, -0.25) is 4.79 Å². The molecule has 128 valence electrons. The van der Waals surface area contributed by atoms with Crippen LogP contribution in [0.2, 0.25) is 0 Å². The quantitative estimate of drug-likeness (QED) is 0.716. The first kappa shape index (κ1) is 18.4. The first-order valence-electron chi connectivity index (χ1n) is 7.38. The number of ether oxygens (including phenoxy) is 2. The molecule has 2 aromatic carbocycles. The summed E-state index contributed by atoms with van der Waals surface area (Å²) in [5.41, 5.74) is 3.52. The van der Waals surface area contributed by atoms with E-state index in [1.807, 2.05) is 44.1 Å². The van der Waals surface area contributed by atoms with Crippen molar-refractivity contribution in [1.82, 2.24) is 0 Å². The molecule has 2 aromatic rings. The third-order valence-corrected chi connectivity index (χ3v) is 4.55. The van der Waals surface area contributed by atoms with Gasteiger partial charge in [-0.2, -0.15) is 0 Å². The third kappa shape index (κ3) is 3.92. The summed E-state index contributed by atoms with van der Waals surface area (Å²) in [5, 5.41) is 2.94. The summed E-state index contributed by atoms with van der Waals surface area (Å²) in [6, 6.07) is 9.32. The number of benzene rings is 2. The highest BCUT2D eigenvalue weighted by atomic mass is 127. The van der Waals surface area contributed by atoms with E-state index in [1.54, 1.807) is 26.4 Å². The number of carbonyl (C=O) groups is 1. The monoisotopic (exact) mass is 440 g/mol. The van der Waals surface area contributed by atoms with Gasteiger partial charge in [-0.1, -0.05) is 0 Å². The van der Waals surface area contributed by atoms with E-state index < -0.39 is 0 Å². The van der Waals surface area contributed by atoms with Crippen molar-refractivity contribution in [2.24, 2.45) is 0 Å². The molecule has 0 heterocycles. The van der Waals surface area contributed by atoms with Crippen LogP contribution in [0.3, 0.4) is 0 Å². The van der Waals surface area contributed by atoms with Crippen LogP contribution in [-0.2, 0) is 0 Å². The molecule has 5 nitrogen and oxygen atoms in total. The zero-order valence-corrected chi connectivity index (χ0v) is 16.6. The Morgan fingerprint density at radius 1 is 1.08 bits per heavy atom. The highest BCUT2D eigenvalue weighted by Crippen LogP contribution is 2.32. The third-order valence-electron chi connectivity index (χ3n) is 3.65. The first-order chi connectivity index (χ1) is 11.4. The molecule has 0 atom stereocenters. The molecule has 0 aliphatic rings. The number of amides is 1. The molecule has 1 N–H and O–H groups in total. The Hall–Kier alpha value is -1.96. The lowest BCUT2D eigenvalue weighted by Gasteiger charge is -2.17. The highest BCUT2D eigenvalue weighted by Gasteiger charge is 2.16. The Kier molecular flexibility index (Phi) is 5.93. The summed E-state index contributed by atoms with van der Waals surface area (Å²) in [6.45, 7) is 2.02. The molecule has 1 amide bonds. The molecule has 2 rings (SSSR count). The molecule has 0 unspecified atom stereocenters. The maximum absolute atomic E-state index is 12.6. The Bertz CT molecular complexity index is 760. The van der Waals surface area contributed by atoms with E-state index in [4.69, 9.17) is 9.47 Å². The molecule has 0 fully saturated rings. The Labute approximate surface area is 156 Å². The van der Waals surface area contributed by atoms with E-state index in [-0.39, 0.29) is 5.91 Å². The largest absolute Gasteiger partial charge is 0.493 e. The average molecular weight is 440 g/mol. The van der Waals surface area contributed by atoms with Crippen LogP contribution in [0, 0.1) is 10.5 Å². The number of hydrogen-bond donors (Lipinski definition) is 1. The molecule has 0 radical (unpaired) electrons. The Morgan fingerprint density at radius 3 is 2.25 bits per heavy atom. The smallest absolute Gasteiger partial charge is 0.256 e. The van der Waals surface area contributed by atoms with Crippen molar-refractivity contribution in [2.45, 2.75) is 6.92 Å². The van der Waals surface area contributed by atoms with E-state index in [9.17, 15) is 4.79 Å². The molecular weight excluding hydrogens is 419 g/mol. The van der Waals surface area contributed by atoms with Crippen LogP contribution in [0.4, 0.5) is 11.4 Å². The number of nitrogens with zero attached hydrogens (tertiary/aromatic N) is 1. The topological polar surface area (TPSA) is 50.8 Å². The Morgan fingerprint density at radius 2 is 1.71 bits per heavy atom. The second-order valence-corrected chi connectivity index (χ2v) is 6.70. The van der Waals surface area contributed by atoms with Crippen LogP contribution in [0.15, 0.2) is 30.3 Å².